The molecule has 0 aromatic carbocycles. The summed E-state index contributed by atoms with van der Waals surface area (Å²) in [6, 6.07) is 0.674. The minimum absolute atomic E-state index is 0.119. The van der Waals surface area contributed by atoms with Gasteiger partial charge in [-0.3, -0.25) is 9.59 Å². The molecule has 1 unspecified atom stereocenters. The molecule has 0 spiro atoms. The number of methoxy groups -OCH3 is 1. The second-order valence-corrected chi connectivity index (χ2v) is 5.99. The Balaban J connectivity index is 2.88. The lowest BCUT2D eigenvalue weighted by atomic mass is 10.1. The molecule has 0 saturated carbocycles. The molecule has 122 valence electrons. The molecule has 2 amide bonds. The Bertz CT molecular complexity index is 555. The third-order valence-corrected chi connectivity index (χ3v) is 3.77. The van der Waals surface area contributed by atoms with Crippen LogP contribution in [0, 0.1) is 6.92 Å². The third kappa shape index (κ3) is 5.12. The molecule has 0 fully saturated rings. The maximum atomic E-state index is 12.3. The van der Waals surface area contributed by atoms with E-state index >= 15 is 0 Å². The summed E-state index contributed by atoms with van der Waals surface area (Å²) in [5.41, 5.74) is 0.259. The van der Waals surface area contributed by atoms with Crippen LogP contribution in [0.1, 0.15) is 35.0 Å². The van der Waals surface area contributed by atoms with Crippen molar-refractivity contribution in [3.8, 4) is 0 Å². The van der Waals surface area contributed by atoms with Crippen LogP contribution < -0.4 is 10.6 Å². The maximum Gasteiger partial charge on any atom is 0.326 e. The van der Waals surface area contributed by atoms with Gasteiger partial charge in [-0.05, 0) is 19.4 Å². The lowest BCUT2D eigenvalue weighted by Gasteiger charge is -2.13. The van der Waals surface area contributed by atoms with Crippen LogP contribution in [0.15, 0.2) is 6.07 Å². The monoisotopic (exact) mass is 328 g/mol. The van der Waals surface area contributed by atoms with Crippen LogP contribution in [0.5, 0.6) is 0 Å². The minimum Gasteiger partial charge on any atom is -0.480 e. The van der Waals surface area contributed by atoms with Gasteiger partial charge in [-0.2, -0.15) is 0 Å². The van der Waals surface area contributed by atoms with Gasteiger partial charge in [-0.1, -0.05) is 13.3 Å². The number of carboxylic acids is 1. The number of aliphatic carboxylic acids is 1. The van der Waals surface area contributed by atoms with Crippen LogP contribution in [-0.4, -0.2) is 42.6 Å². The fourth-order valence-electron chi connectivity index (χ4n) is 1.85. The smallest absolute Gasteiger partial charge is 0.326 e. The van der Waals surface area contributed by atoms with Gasteiger partial charge in [0.25, 0.3) is 11.8 Å². The van der Waals surface area contributed by atoms with Crippen molar-refractivity contribution >= 4 is 34.1 Å². The summed E-state index contributed by atoms with van der Waals surface area (Å²) in [5.74, 6) is -1.97. The van der Waals surface area contributed by atoms with Crippen LogP contribution in [0.2, 0.25) is 0 Å². The largest absolute Gasteiger partial charge is 0.480 e. The van der Waals surface area contributed by atoms with Gasteiger partial charge in [0.1, 0.15) is 17.6 Å². The molecule has 3 N–H and O–H groups in total. The van der Waals surface area contributed by atoms with Gasteiger partial charge in [-0.15, -0.1) is 11.3 Å². The third-order valence-electron chi connectivity index (χ3n) is 2.81. The number of hydrogen-bond acceptors (Lipinski definition) is 5. The van der Waals surface area contributed by atoms with E-state index < -0.39 is 17.9 Å². The van der Waals surface area contributed by atoms with Crippen LogP contribution in [0.25, 0.3) is 0 Å². The second kappa shape index (κ2) is 8.50. The first-order valence-corrected chi connectivity index (χ1v) is 7.63. The van der Waals surface area contributed by atoms with Gasteiger partial charge in [0.15, 0.2) is 0 Å². The first-order valence-electron chi connectivity index (χ1n) is 6.81. The first kappa shape index (κ1) is 18.1. The van der Waals surface area contributed by atoms with Gasteiger partial charge in [0, 0.05) is 12.0 Å². The highest BCUT2D eigenvalue weighted by Crippen LogP contribution is 2.27. The van der Waals surface area contributed by atoms with E-state index in [-0.39, 0.29) is 18.1 Å². The summed E-state index contributed by atoms with van der Waals surface area (Å²) in [5, 5.41) is 14.6. The quantitative estimate of drug-likeness (QED) is 0.672. The van der Waals surface area contributed by atoms with Crippen molar-refractivity contribution < 1.29 is 24.2 Å². The number of ether oxygens (including phenoxy) is 1. The van der Waals surface area contributed by atoms with Crippen LogP contribution in [0.4, 0.5) is 5.00 Å². The summed E-state index contributed by atoms with van der Waals surface area (Å²) < 4.78 is 4.73. The molecular weight excluding hydrogens is 308 g/mol. The van der Waals surface area contributed by atoms with Crippen molar-refractivity contribution in [3.05, 3.63) is 16.5 Å². The summed E-state index contributed by atoms with van der Waals surface area (Å²) in [4.78, 5) is 35.8. The number of carbonyl (C=O) groups is 3. The molecular formula is C14H20N2O5S. The molecule has 0 aliphatic rings. The predicted octanol–water partition coefficient (Wildman–Crippen LogP) is 1.62. The minimum atomic E-state index is -1.08. The highest BCUT2D eigenvalue weighted by Gasteiger charge is 2.23. The van der Waals surface area contributed by atoms with Crippen molar-refractivity contribution in [2.24, 2.45) is 0 Å². The Labute approximate surface area is 132 Å². The molecule has 1 aromatic rings. The van der Waals surface area contributed by atoms with Crippen molar-refractivity contribution in [3.63, 3.8) is 0 Å². The highest BCUT2D eigenvalue weighted by molar-refractivity contribution is 7.16. The average molecular weight is 328 g/mol. The van der Waals surface area contributed by atoms with E-state index in [1.165, 1.54) is 18.4 Å². The molecule has 0 radical (unpaired) electrons. The Kier molecular flexibility index (Phi) is 7.00. The zero-order valence-electron chi connectivity index (χ0n) is 12.8. The van der Waals surface area contributed by atoms with Gasteiger partial charge in [-0.25, -0.2) is 4.79 Å². The van der Waals surface area contributed by atoms with Gasteiger partial charge in [0.2, 0.25) is 0 Å². The Hall–Kier alpha value is -1.93. The predicted molar refractivity (Wildman–Crippen MR) is 83.4 cm³/mol. The fourth-order valence-corrected chi connectivity index (χ4v) is 2.78. The van der Waals surface area contributed by atoms with Crippen molar-refractivity contribution in [1.29, 1.82) is 0 Å². The number of carbonyl (C=O) groups excluding carboxylic acids is 2. The van der Waals surface area contributed by atoms with E-state index in [0.29, 0.717) is 17.8 Å². The number of hydrogen-bond donors (Lipinski definition) is 3. The highest BCUT2D eigenvalue weighted by atomic mass is 32.1. The van der Waals surface area contributed by atoms with E-state index in [9.17, 15) is 14.4 Å². The number of rotatable bonds is 8. The summed E-state index contributed by atoms with van der Waals surface area (Å²) in [6.07, 6.45) is 0.979. The van der Waals surface area contributed by atoms with Crippen LogP contribution >= 0.6 is 11.3 Å². The number of nitrogens with one attached hydrogen (secondary N) is 2. The second-order valence-electron chi connectivity index (χ2n) is 4.73. The van der Waals surface area contributed by atoms with E-state index in [0.717, 1.165) is 4.88 Å². The molecule has 8 heteroatoms. The molecule has 0 aliphatic heterocycles. The van der Waals surface area contributed by atoms with Crippen LogP contribution in [-0.2, 0) is 14.3 Å². The normalized spacial score (nSPS) is 11.8. The van der Waals surface area contributed by atoms with Crippen molar-refractivity contribution in [2.75, 3.05) is 19.0 Å². The average Bonchev–Trinajstić information content (AvgIpc) is 2.79. The molecule has 22 heavy (non-hydrogen) atoms. The number of amides is 2. The molecule has 1 atom stereocenters. The lowest BCUT2D eigenvalue weighted by Crippen LogP contribution is -2.40. The Morgan fingerprint density at radius 3 is 2.64 bits per heavy atom. The lowest BCUT2D eigenvalue weighted by molar-refractivity contribution is -0.139. The topological polar surface area (TPSA) is 105 Å². The van der Waals surface area contributed by atoms with Gasteiger partial charge >= 0.3 is 5.97 Å². The van der Waals surface area contributed by atoms with Gasteiger partial charge in [0.05, 0.1) is 5.56 Å². The van der Waals surface area contributed by atoms with E-state index in [1.54, 1.807) is 13.0 Å². The standard InChI is InChI=1S/C14H20N2O5S/c1-4-5-10(14(19)20)15-12(18)9-6-8(2)22-13(9)16-11(17)7-21-3/h6,10H,4-5,7H2,1-3H3,(H,15,18)(H,16,17)(H,19,20). The number of anilines is 1. The maximum absolute atomic E-state index is 12.3. The molecule has 7 nitrogen and oxygen atoms in total. The SMILES string of the molecule is CCCC(NC(=O)c1cc(C)sc1NC(=O)COC)C(=O)O. The summed E-state index contributed by atoms with van der Waals surface area (Å²) >= 11 is 1.25. The summed E-state index contributed by atoms with van der Waals surface area (Å²) in [6.45, 7) is 3.52. The van der Waals surface area contributed by atoms with Crippen molar-refractivity contribution in [2.45, 2.75) is 32.7 Å². The van der Waals surface area contributed by atoms with E-state index in [1.807, 2.05) is 6.92 Å². The molecule has 1 heterocycles. The van der Waals surface area contributed by atoms with Crippen molar-refractivity contribution in [1.82, 2.24) is 5.32 Å². The Morgan fingerprint density at radius 1 is 1.41 bits per heavy atom. The molecule has 1 aromatic heterocycles. The first-order chi connectivity index (χ1) is 10.4. The zero-order valence-corrected chi connectivity index (χ0v) is 13.6. The number of carboxylic acid groups (broad SMARTS) is 1. The Morgan fingerprint density at radius 2 is 2.09 bits per heavy atom. The number of thiophene rings is 1. The molecule has 0 aliphatic carbocycles. The van der Waals surface area contributed by atoms with Gasteiger partial charge < -0.3 is 20.5 Å². The van der Waals surface area contributed by atoms with Crippen LogP contribution in [0.3, 0.4) is 0 Å². The van der Waals surface area contributed by atoms with E-state index in [4.69, 9.17) is 9.84 Å². The molecule has 0 bridgehead atoms. The fraction of sp³-hybridized carbons (Fsp3) is 0.500. The molecule has 1 rings (SSSR count). The summed E-state index contributed by atoms with van der Waals surface area (Å²) in [7, 11) is 1.40. The molecule has 0 saturated heterocycles. The zero-order chi connectivity index (χ0) is 16.7. The number of aryl methyl sites for hydroxylation is 1. The van der Waals surface area contributed by atoms with E-state index in [2.05, 4.69) is 10.6 Å².